The zero-order valence-corrected chi connectivity index (χ0v) is 16.2. The van der Waals surface area contributed by atoms with Gasteiger partial charge in [0.2, 0.25) is 0 Å². The maximum absolute atomic E-state index is 13.0. The van der Waals surface area contributed by atoms with Crippen molar-refractivity contribution in [2.75, 3.05) is 0 Å². The number of carbonyl (C=O) groups excluding carboxylic acids is 2. The first kappa shape index (κ1) is 20.0. The average molecular weight is 415 g/mol. The molecule has 4 rings (SSSR count). The Hall–Kier alpha value is -4.33. The van der Waals surface area contributed by atoms with Gasteiger partial charge >= 0.3 is 0 Å². The van der Waals surface area contributed by atoms with Crippen LogP contribution in [0.4, 0.5) is 5.69 Å². The van der Waals surface area contributed by atoms with Crippen molar-refractivity contribution in [3.63, 3.8) is 0 Å². The van der Waals surface area contributed by atoms with Gasteiger partial charge in [-0.25, -0.2) is 0 Å². The number of amides is 1. The first-order valence-corrected chi connectivity index (χ1v) is 9.44. The third-order valence-electron chi connectivity index (χ3n) is 5.09. The number of pyridine rings is 1. The van der Waals surface area contributed by atoms with Gasteiger partial charge in [-0.1, -0.05) is 42.5 Å². The van der Waals surface area contributed by atoms with Gasteiger partial charge in [-0.05, 0) is 23.3 Å². The van der Waals surface area contributed by atoms with Crippen LogP contribution in [-0.2, 0) is 16.1 Å². The Kier molecular flexibility index (Phi) is 5.28. The van der Waals surface area contributed by atoms with Crippen molar-refractivity contribution in [2.24, 2.45) is 0 Å². The lowest BCUT2D eigenvalue weighted by atomic mass is 9.95. The SMILES string of the molecule is O=C1C(=O)N(Cc2ccccc2)C(c2cccc([N+](=O)[O-])c2)/C1=C(\O)c1ccncc1. The maximum Gasteiger partial charge on any atom is 0.295 e. The number of nitro groups is 1. The molecule has 0 saturated carbocycles. The number of nitro benzene ring substituents is 1. The van der Waals surface area contributed by atoms with Crippen molar-refractivity contribution < 1.29 is 19.6 Å². The molecule has 1 aromatic heterocycles. The zero-order chi connectivity index (χ0) is 22.0. The molecule has 2 heterocycles. The molecule has 2 aromatic carbocycles. The van der Waals surface area contributed by atoms with Gasteiger partial charge in [0.05, 0.1) is 16.5 Å². The number of aromatic nitrogens is 1. The highest BCUT2D eigenvalue weighted by Crippen LogP contribution is 2.40. The highest BCUT2D eigenvalue weighted by atomic mass is 16.6. The zero-order valence-electron chi connectivity index (χ0n) is 16.2. The van der Waals surface area contributed by atoms with E-state index < -0.39 is 22.7 Å². The Morgan fingerprint density at radius 2 is 1.74 bits per heavy atom. The summed E-state index contributed by atoms with van der Waals surface area (Å²) in [6, 6.07) is 16.9. The van der Waals surface area contributed by atoms with Crippen molar-refractivity contribution in [3.8, 4) is 0 Å². The molecule has 1 N–H and O–H groups in total. The van der Waals surface area contributed by atoms with E-state index in [1.165, 1.54) is 47.6 Å². The van der Waals surface area contributed by atoms with Crippen LogP contribution < -0.4 is 0 Å². The summed E-state index contributed by atoms with van der Waals surface area (Å²) in [6.07, 6.45) is 2.91. The third kappa shape index (κ3) is 3.78. The average Bonchev–Trinajstić information content (AvgIpc) is 3.05. The van der Waals surface area contributed by atoms with Crippen LogP contribution in [0.25, 0.3) is 5.76 Å². The fraction of sp³-hybridized carbons (Fsp3) is 0.0870. The largest absolute Gasteiger partial charge is 0.507 e. The summed E-state index contributed by atoms with van der Waals surface area (Å²) in [7, 11) is 0. The molecule has 1 fully saturated rings. The standard InChI is InChI=1S/C23H17N3O5/c27-21(16-9-11-24-12-10-16)19-20(17-7-4-8-18(13-17)26(30)31)25(23(29)22(19)28)14-15-5-2-1-3-6-15/h1-13,20,27H,14H2/b21-19+. The number of non-ortho nitro benzene ring substituents is 1. The Morgan fingerprint density at radius 3 is 2.42 bits per heavy atom. The predicted molar refractivity (Wildman–Crippen MR) is 112 cm³/mol. The van der Waals surface area contributed by atoms with Gasteiger partial charge in [0.25, 0.3) is 17.4 Å². The third-order valence-corrected chi connectivity index (χ3v) is 5.09. The van der Waals surface area contributed by atoms with Gasteiger partial charge in [-0.2, -0.15) is 0 Å². The van der Waals surface area contributed by atoms with Gasteiger partial charge in [0.15, 0.2) is 0 Å². The molecule has 3 aromatic rings. The minimum absolute atomic E-state index is 0.103. The van der Waals surface area contributed by atoms with E-state index in [4.69, 9.17) is 0 Å². The first-order valence-electron chi connectivity index (χ1n) is 9.44. The van der Waals surface area contributed by atoms with Crippen LogP contribution >= 0.6 is 0 Å². The van der Waals surface area contributed by atoms with Crippen molar-refractivity contribution >= 4 is 23.1 Å². The second-order valence-corrected chi connectivity index (χ2v) is 7.00. The molecule has 1 aliphatic rings. The number of aliphatic hydroxyl groups excluding tert-OH is 1. The second kappa shape index (κ2) is 8.19. The molecule has 1 amide bonds. The smallest absolute Gasteiger partial charge is 0.295 e. The van der Waals surface area contributed by atoms with Crippen LogP contribution in [0.2, 0.25) is 0 Å². The minimum atomic E-state index is -0.978. The molecule has 1 aliphatic heterocycles. The van der Waals surface area contributed by atoms with Crippen LogP contribution in [0.5, 0.6) is 0 Å². The number of likely N-dealkylation sites (tertiary alicyclic amines) is 1. The van der Waals surface area contributed by atoms with Crippen LogP contribution in [0.1, 0.15) is 22.7 Å². The van der Waals surface area contributed by atoms with E-state index in [0.29, 0.717) is 11.1 Å². The normalized spacial score (nSPS) is 17.7. The van der Waals surface area contributed by atoms with Crippen molar-refractivity contribution in [1.29, 1.82) is 0 Å². The lowest BCUT2D eigenvalue weighted by Crippen LogP contribution is -2.29. The second-order valence-electron chi connectivity index (χ2n) is 7.00. The summed E-state index contributed by atoms with van der Waals surface area (Å²) >= 11 is 0. The molecule has 8 heteroatoms. The first-order chi connectivity index (χ1) is 15.0. The van der Waals surface area contributed by atoms with Gasteiger partial charge in [0.1, 0.15) is 5.76 Å². The van der Waals surface area contributed by atoms with E-state index in [0.717, 1.165) is 5.56 Å². The fourth-order valence-corrected chi connectivity index (χ4v) is 3.64. The van der Waals surface area contributed by atoms with E-state index in [2.05, 4.69) is 4.98 Å². The highest BCUT2D eigenvalue weighted by molar-refractivity contribution is 6.46. The van der Waals surface area contributed by atoms with Crippen molar-refractivity contribution in [1.82, 2.24) is 9.88 Å². The number of ketones is 1. The molecule has 1 atom stereocenters. The molecule has 0 bridgehead atoms. The highest BCUT2D eigenvalue weighted by Gasteiger charge is 2.46. The molecule has 154 valence electrons. The van der Waals surface area contributed by atoms with Gasteiger partial charge < -0.3 is 10.0 Å². The van der Waals surface area contributed by atoms with Crippen molar-refractivity contribution in [2.45, 2.75) is 12.6 Å². The Balaban J connectivity index is 1.89. The van der Waals surface area contributed by atoms with Gasteiger partial charge in [-0.3, -0.25) is 24.7 Å². The van der Waals surface area contributed by atoms with E-state index in [9.17, 15) is 24.8 Å². The molecule has 1 saturated heterocycles. The molecular formula is C23H17N3O5. The van der Waals surface area contributed by atoms with E-state index >= 15 is 0 Å². The number of hydrogen-bond donors (Lipinski definition) is 1. The molecule has 31 heavy (non-hydrogen) atoms. The number of benzene rings is 2. The number of hydrogen-bond acceptors (Lipinski definition) is 6. The summed E-state index contributed by atoms with van der Waals surface area (Å²) in [5.74, 6) is -1.98. The molecular weight excluding hydrogens is 398 g/mol. The molecule has 0 radical (unpaired) electrons. The summed E-state index contributed by atoms with van der Waals surface area (Å²) < 4.78 is 0. The Labute approximate surface area is 177 Å². The lowest BCUT2D eigenvalue weighted by Gasteiger charge is -2.25. The van der Waals surface area contributed by atoms with E-state index in [1.807, 2.05) is 30.3 Å². The van der Waals surface area contributed by atoms with Crippen molar-refractivity contribution in [3.05, 3.63) is 112 Å². The fourth-order valence-electron chi connectivity index (χ4n) is 3.64. The summed E-state index contributed by atoms with van der Waals surface area (Å²) in [5.41, 5.74) is 1.17. The minimum Gasteiger partial charge on any atom is -0.507 e. The topological polar surface area (TPSA) is 114 Å². The van der Waals surface area contributed by atoms with Crippen LogP contribution in [0.15, 0.2) is 84.7 Å². The van der Waals surface area contributed by atoms with Gasteiger partial charge in [0, 0.05) is 36.6 Å². The number of carbonyl (C=O) groups is 2. The lowest BCUT2D eigenvalue weighted by molar-refractivity contribution is -0.384. The Morgan fingerprint density at radius 1 is 1.03 bits per heavy atom. The Bertz CT molecular complexity index is 1190. The predicted octanol–water partition coefficient (Wildman–Crippen LogP) is 3.61. The maximum atomic E-state index is 13.0. The van der Waals surface area contributed by atoms with E-state index in [-0.39, 0.29) is 23.6 Å². The molecule has 0 aliphatic carbocycles. The monoisotopic (exact) mass is 415 g/mol. The summed E-state index contributed by atoms with van der Waals surface area (Å²) in [5, 5.41) is 22.2. The molecule has 0 spiro atoms. The quantitative estimate of drug-likeness (QED) is 0.224. The number of Topliss-reactive ketones (excluding diaryl/α,β-unsaturated/α-hetero) is 1. The number of nitrogens with zero attached hydrogens (tertiary/aromatic N) is 3. The molecule has 8 nitrogen and oxygen atoms in total. The van der Waals surface area contributed by atoms with Crippen LogP contribution in [0, 0.1) is 10.1 Å². The number of rotatable bonds is 5. The molecule has 1 unspecified atom stereocenters. The van der Waals surface area contributed by atoms with E-state index in [1.54, 1.807) is 6.07 Å². The number of aliphatic hydroxyl groups is 1. The summed E-state index contributed by atoms with van der Waals surface area (Å²) in [4.78, 5) is 41.9. The van der Waals surface area contributed by atoms with Crippen LogP contribution in [0.3, 0.4) is 0 Å². The van der Waals surface area contributed by atoms with Crippen LogP contribution in [-0.4, -0.2) is 31.6 Å². The van der Waals surface area contributed by atoms with Gasteiger partial charge in [-0.15, -0.1) is 0 Å². The summed E-state index contributed by atoms with van der Waals surface area (Å²) in [6.45, 7) is 0.103.